The van der Waals surface area contributed by atoms with Crippen molar-refractivity contribution >= 4 is 0 Å². The Morgan fingerprint density at radius 3 is 2.69 bits per heavy atom. The summed E-state index contributed by atoms with van der Waals surface area (Å²) in [6.07, 6.45) is 1.93. The second-order valence-electron chi connectivity index (χ2n) is 3.96. The molecule has 0 saturated carbocycles. The summed E-state index contributed by atoms with van der Waals surface area (Å²) in [6, 6.07) is 5.08. The first-order valence-corrected chi connectivity index (χ1v) is 5.60. The minimum atomic E-state index is -0.0863. The molecule has 1 rings (SSSR count). The molecule has 0 aliphatic heterocycles. The Kier molecular flexibility index (Phi) is 5.08. The quantitative estimate of drug-likeness (QED) is 0.434. The molecule has 16 heavy (non-hydrogen) atoms. The highest BCUT2D eigenvalue weighted by molar-refractivity contribution is 5.40. The third-order valence-electron chi connectivity index (χ3n) is 2.59. The average Bonchev–Trinajstić information content (AvgIpc) is 2.28. The van der Waals surface area contributed by atoms with Gasteiger partial charge in [-0.15, -0.1) is 0 Å². The van der Waals surface area contributed by atoms with Gasteiger partial charge in [0, 0.05) is 12.6 Å². The molecule has 0 amide bonds. The summed E-state index contributed by atoms with van der Waals surface area (Å²) in [5, 5.41) is 21.7. The van der Waals surface area contributed by atoms with Gasteiger partial charge in [-0.2, -0.15) is 0 Å². The number of phenolic OH excluding ortho intramolecular Hbond substituents is 2. The fraction of sp³-hybridized carbons (Fsp3) is 0.500. The SMILES string of the molecule is CCC(N)CCNCc1ccc(O)c(O)c1. The highest BCUT2D eigenvalue weighted by Gasteiger charge is 2.01. The molecular formula is C12H20N2O2. The molecule has 1 atom stereocenters. The predicted octanol–water partition coefficient (Wildman–Crippen LogP) is 1.31. The molecule has 0 spiro atoms. The summed E-state index contributed by atoms with van der Waals surface area (Å²) in [7, 11) is 0. The van der Waals surface area contributed by atoms with Crippen LogP contribution in [0.4, 0.5) is 0 Å². The number of benzene rings is 1. The van der Waals surface area contributed by atoms with Crippen molar-refractivity contribution < 1.29 is 10.2 Å². The maximum atomic E-state index is 9.29. The van der Waals surface area contributed by atoms with Crippen molar-refractivity contribution in [2.75, 3.05) is 6.54 Å². The van der Waals surface area contributed by atoms with Crippen LogP contribution < -0.4 is 11.1 Å². The van der Waals surface area contributed by atoms with Crippen molar-refractivity contribution in [3.63, 3.8) is 0 Å². The zero-order valence-electron chi connectivity index (χ0n) is 9.61. The van der Waals surface area contributed by atoms with Gasteiger partial charge in [0.05, 0.1) is 0 Å². The Hall–Kier alpha value is -1.26. The van der Waals surface area contributed by atoms with Crippen LogP contribution in [0.2, 0.25) is 0 Å². The third kappa shape index (κ3) is 4.08. The summed E-state index contributed by atoms with van der Waals surface area (Å²) in [6.45, 7) is 3.60. The lowest BCUT2D eigenvalue weighted by atomic mass is 10.1. The number of aromatic hydroxyl groups is 2. The van der Waals surface area contributed by atoms with Crippen LogP contribution in [0.25, 0.3) is 0 Å². The number of nitrogens with two attached hydrogens (primary N) is 1. The van der Waals surface area contributed by atoms with Gasteiger partial charge in [0.1, 0.15) is 0 Å². The zero-order valence-corrected chi connectivity index (χ0v) is 9.61. The number of hydrogen-bond donors (Lipinski definition) is 4. The molecule has 4 heteroatoms. The maximum Gasteiger partial charge on any atom is 0.157 e. The van der Waals surface area contributed by atoms with Gasteiger partial charge >= 0.3 is 0 Å². The maximum absolute atomic E-state index is 9.29. The number of hydrogen-bond acceptors (Lipinski definition) is 4. The predicted molar refractivity (Wildman–Crippen MR) is 64.4 cm³/mol. The topological polar surface area (TPSA) is 78.5 Å². The summed E-state index contributed by atoms with van der Waals surface area (Å²) in [5.41, 5.74) is 6.73. The van der Waals surface area contributed by atoms with Crippen molar-refractivity contribution in [1.29, 1.82) is 0 Å². The first-order chi connectivity index (χ1) is 7.63. The van der Waals surface area contributed by atoms with Gasteiger partial charge in [0.25, 0.3) is 0 Å². The van der Waals surface area contributed by atoms with Crippen LogP contribution in [0, 0.1) is 0 Å². The lowest BCUT2D eigenvalue weighted by molar-refractivity contribution is 0.403. The first kappa shape index (κ1) is 12.8. The summed E-state index contributed by atoms with van der Waals surface area (Å²) in [4.78, 5) is 0. The molecule has 0 aromatic heterocycles. The van der Waals surface area contributed by atoms with Crippen LogP contribution >= 0.6 is 0 Å². The van der Waals surface area contributed by atoms with E-state index < -0.39 is 0 Å². The summed E-state index contributed by atoms with van der Waals surface area (Å²) >= 11 is 0. The lowest BCUT2D eigenvalue weighted by Gasteiger charge is -2.09. The molecule has 0 heterocycles. The monoisotopic (exact) mass is 224 g/mol. The van der Waals surface area contributed by atoms with E-state index in [1.165, 1.54) is 6.07 Å². The molecule has 1 aromatic carbocycles. The fourth-order valence-electron chi connectivity index (χ4n) is 1.40. The van der Waals surface area contributed by atoms with Gasteiger partial charge < -0.3 is 21.3 Å². The molecule has 0 bridgehead atoms. The smallest absolute Gasteiger partial charge is 0.157 e. The van der Waals surface area contributed by atoms with E-state index in [2.05, 4.69) is 12.2 Å². The number of rotatable bonds is 6. The molecule has 1 aromatic rings. The fourth-order valence-corrected chi connectivity index (χ4v) is 1.40. The van der Waals surface area contributed by atoms with E-state index in [9.17, 15) is 5.11 Å². The molecule has 0 aliphatic rings. The van der Waals surface area contributed by atoms with Crippen LogP contribution in [-0.4, -0.2) is 22.8 Å². The van der Waals surface area contributed by atoms with Crippen molar-refractivity contribution in [2.45, 2.75) is 32.4 Å². The summed E-state index contributed by atoms with van der Waals surface area (Å²) < 4.78 is 0. The molecule has 0 saturated heterocycles. The molecule has 0 radical (unpaired) electrons. The minimum absolute atomic E-state index is 0.0791. The van der Waals surface area contributed by atoms with Gasteiger partial charge in [-0.05, 0) is 37.1 Å². The molecule has 0 aliphatic carbocycles. The van der Waals surface area contributed by atoms with Crippen molar-refractivity contribution in [3.8, 4) is 11.5 Å². The van der Waals surface area contributed by atoms with E-state index in [1.807, 2.05) is 0 Å². The standard InChI is InChI=1S/C12H20N2O2/c1-2-10(13)5-6-14-8-9-3-4-11(15)12(16)7-9/h3-4,7,10,14-16H,2,5-6,8,13H2,1H3. The molecule has 1 unspecified atom stereocenters. The highest BCUT2D eigenvalue weighted by Crippen LogP contribution is 2.24. The van der Waals surface area contributed by atoms with Gasteiger partial charge in [0.15, 0.2) is 11.5 Å². The largest absolute Gasteiger partial charge is 0.504 e. The molecule has 4 nitrogen and oxygen atoms in total. The van der Waals surface area contributed by atoms with E-state index in [-0.39, 0.29) is 17.5 Å². The van der Waals surface area contributed by atoms with Crippen LogP contribution in [0.3, 0.4) is 0 Å². The Morgan fingerprint density at radius 1 is 1.31 bits per heavy atom. The zero-order chi connectivity index (χ0) is 12.0. The summed E-state index contributed by atoms with van der Waals surface area (Å²) in [5.74, 6) is -0.165. The van der Waals surface area contributed by atoms with Crippen LogP contribution in [-0.2, 0) is 6.54 Å². The van der Waals surface area contributed by atoms with Crippen molar-refractivity contribution in [1.82, 2.24) is 5.32 Å². The normalized spacial score (nSPS) is 12.6. The molecular weight excluding hydrogens is 204 g/mol. The second kappa shape index (κ2) is 6.35. The highest BCUT2D eigenvalue weighted by atomic mass is 16.3. The number of phenols is 2. The van der Waals surface area contributed by atoms with Crippen LogP contribution in [0.5, 0.6) is 11.5 Å². The molecule has 90 valence electrons. The second-order valence-corrected chi connectivity index (χ2v) is 3.96. The van der Waals surface area contributed by atoms with E-state index >= 15 is 0 Å². The van der Waals surface area contributed by atoms with Crippen LogP contribution in [0.1, 0.15) is 25.3 Å². The van der Waals surface area contributed by atoms with E-state index in [0.717, 1.165) is 24.9 Å². The lowest BCUT2D eigenvalue weighted by Crippen LogP contribution is -2.25. The molecule has 5 N–H and O–H groups in total. The van der Waals surface area contributed by atoms with Crippen LogP contribution in [0.15, 0.2) is 18.2 Å². The van der Waals surface area contributed by atoms with E-state index in [4.69, 9.17) is 10.8 Å². The Bertz CT molecular complexity index is 329. The first-order valence-electron chi connectivity index (χ1n) is 5.60. The van der Waals surface area contributed by atoms with Gasteiger partial charge in [-0.1, -0.05) is 13.0 Å². The molecule has 0 fully saturated rings. The number of nitrogens with one attached hydrogen (secondary N) is 1. The van der Waals surface area contributed by atoms with Crippen molar-refractivity contribution in [2.24, 2.45) is 5.73 Å². The third-order valence-corrected chi connectivity index (χ3v) is 2.59. The Labute approximate surface area is 96.1 Å². The van der Waals surface area contributed by atoms with E-state index in [0.29, 0.717) is 6.54 Å². The van der Waals surface area contributed by atoms with E-state index in [1.54, 1.807) is 12.1 Å². The van der Waals surface area contributed by atoms with Gasteiger partial charge in [0.2, 0.25) is 0 Å². The van der Waals surface area contributed by atoms with Gasteiger partial charge in [-0.3, -0.25) is 0 Å². The van der Waals surface area contributed by atoms with Crippen molar-refractivity contribution in [3.05, 3.63) is 23.8 Å². The van der Waals surface area contributed by atoms with Gasteiger partial charge in [-0.25, -0.2) is 0 Å². The Morgan fingerprint density at radius 2 is 2.06 bits per heavy atom. The average molecular weight is 224 g/mol. The minimum Gasteiger partial charge on any atom is -0.504 e. The Balaban J connectivity index is 2.29.